The molecule has 0 saturated heterocycles. The molecule has 7 heteroatoms. The average Bonchev–Trinajstić information content (AvgIpc) is 2.43. The summed E-state index contributed by atoms with van der Waals surface area (Å²) in [5, 5.41) is 0. The number of ether oxygens (including phenoxy) is 1. The van der Waals surface area contributed by atoms with Crippen LogP contribution in [-0.4, -0.2) is 44.0 Å². The number of nitrogens with zero attached hydrogens (tertiary/aromatic N) is 1. The summed E-state index contributed by atoms with van der Waals surface area (Å²) < 4.78 is 31.7. The molecule has 118 valence electrons. The molecule has 0 atom stereocenters. The van der Waals surface area contributed by atoms with Gasteiger partial charge in [0.1, 0.15) is 0 Å². The number of hydrogen-bond donors (Lipinski definition) is 1. The van der Waals surface area contributed by atoms with Gasteiger partial charge in [-0.05, 0) is 24.6 Å². The molecule has 0 aromatic heterocycles. The van der Waals surface area contributed by atoms with Crippen LogP contribution in [0.4, 0.5) is 0 Å². The van der Waals surface area contributed by atoms with Gasteiger partial charge in [0.25, 0.3) is 0 Å². The highest BCUT2D eigenvalue weighted by Crippen LogP contribution is 2.16. The molecular formula is C14H22N2O3S2. The normalized spacial score (nSPS) is 11.8. The Morgan fingerprint density at radius 1 is 1.29 bits per heavy atom. The van der Waals surface area contributed by atoms with Crippen molar-refractivity contribution in [2.24, 2.45) is 5.73 Å². The van der Waals surface area contributed by atoms with Crippen LogP contribution in [0.3, 0.4) is 0 Å². The van der Waals surface area contributed by atoms with E-state index in [1.54, 1.807) is 24.3 Å². The zero-order valence-electron chi connectivity index (χ0n) is 12.4. The number of rotatable bonds is 9. The Balaban J connectivity index is 2.87. The first kappa shape index (κ1) is 18.0. The summed E-state index contributed by atoms with van der Waals surface area (Å²) in [5.74, 6) is 0. The SMILES string of the molecule is CCOCCN(CC)S(=O)(=O)c1ccc(CC(N)=S)cc1. The molecule has 2 N–H and O–H groups in total. The maximum absolute atomic E-state index is 12.5. The highest BCUT2D eigenvalue weighted by Gasteiger charge is 2.22. The van der Waals surface area contributed by atoms with Gasteiger partial charge in [-0.1, -0.05) is 31.3 Å². The van der Waals surface area contributed by atoms with Gasteiger partial charge >= 0.3 is 0 Å². The van der Waals surface area contributed by atoms with Crippen molar-refractivity contribution in [3.8, 4) is 0 Å². The van der Waals surface area contributed by atoms with Gasteiger partial charge in [0, 0.05) is 26.1 Å². The lowest BCUT2D eigenvalue weighted by molar-refractivity contribution is 0.135. The molecule has 1 aromatic rings. The van der Waals surface area contributed by atoms with Crippen molar-refractivity contribution >= 4 is 27.2 Å². The third kappa shape index (κ3) is 5.35. The van der Waals surface area contributed by atoms with Gasteiger partial charge in [0.15, 0.2) is 0 Å². The van der Waals surface area contributed by atoms with E-state index in [-0.39, 0.29) is 4.90 Å². The predicted octanol–water partition coefficient (Wildman–Crippen LogP) is 1.56. The fraction of sp³-hybridized carbons (Fsp3) is 0.500. The second kappa shape index (κ2) is 8.43. The van der Waals surface area contributed by atoms with Crippen LogP contribution in [0.15, 0.2) is 29.2 Å². The molecule has 21 heavy (non-hydrogen) atoms. The highest BCUT2D eigenvalue weighted by atomic mass is 32.2. The van der Waals surface area contributed by atoms with Crippen molar-refractivity contribution in [3.63, 3.8) is 0 Å². The first-order valence-electron chi connectivity index (χ1n) is 6.87. The van der Waals surface area contributed by atoms with E-state index in [4.69, 9.17) is 22.7 Å². The van der Waals surface area contributed by atoms with Crippen molar-refractivity contribution in [3.05, 3.63) is 29.8 Å². The molecule has 0 radical (unpaired) electrons. The van der Waals surface area contributed by atoms with Gasteiger partial charge in [0.05, 0.1) is 16.5 Å². The van der Waals surface area contributed by atoms with Crippen LogP contribution in [-0.2, 0) is 21.2 Å². The summed E-state index contributed by atoms with van der Waals surface area (Å²) >= 11 is 4.84. The molecular weight excluding hydrogens is 308 g/mol. The Morgan fingerprint density at radius 3 is 2.38 bits per heavy atom. The average molecular weight is 330 g/mol. The van der Waals surface area contributed by atoms with Crippen LogP contribution < -0.4 is 5.73 Å². The van der Waals surface area contributed by atoms with Crippen molar-refractivity contribution in [1.82, 2.24) is 4.31 Å². The summed E-state index contributed by atoms with van der Waals surface area (Å²) in [4.78, 5) is 0.657. The second-order valence-corrected chi connectivity index (χ2v) is 6.94. The zero-order valence-corrected chi connectivity index (χ0v) is 14.0. The largest absolute Gasteiger partial charge is 0.393 e. The molecule has 0 saturated carbocycles. The maximum atomic E-state index is 12.5. The van der Waals surface area contributed by atoms with Crippen LogP contribution >= 0.6 is 12.2 Å². The van der Waals surface area contributed by atoms with Gasteiger partial charge in [-0.25, -0.2) is 8.42 Å². The third-order valence-electron chi connectivity index (χ3n) is 2.98. The van der Waals surface area contributed by atoms with Gasteiger partial charge in [-0.3, -0.25) is 0 Å². The summed E-state index contributed by atoms with van der Waals surface area (Å²) in [6.07, 6.45) is 0.470. The van der Waals surface area contributed by atoms with E-state index in [9.17, 15) is 8.42 Å². The molecule has 0 bridgehead atoms. The first-order chi connectivity index (χ1) is 9.91. The minimum absolute atomic E-state index is 0.271. The maximum Gasteiger partial charge on any atom is 0.243 e. The van der Waals surface area contributed by atoms with Crippen LogP contribution in [0.2, 0.25) is 0 Å². The van der Waals surface area contributed by atoms with Gasteiger partial charge in [-0.2, -0.15) is 4.31 Å². The zero-order chi connectivity index (χ0) is 15.9. The van der Waals surface area contributed by atoms with Crippen molar-refractivity contribution in [2.75, 3.05) is 26.3 Å². The summed E-state index contributed by atoms with van der Waals surface area (Å²) in [5.41, 5.74) is 6.38. The standard InChI is InChI=1S/C14H22N2O3S2/c1-3-16(9-10-19-4-2)21(17,18)13-7-5-12(6-8-13)11-14(15)20/h5-8H,3-4,9-11H2,1-2H3,(H2,15,20). The fourth-order valence-electron chi connectivity index (χ4n) is 1.89. The Bertz CT molecular complexity index is 556. The van der Waals surface area contributed by atoms with E-state index in [0.29, 0.717) is 37.7 Å². The number of likely N-dealkylation sites (N-methyl/N-ethyl adjacent to an activating group) is 1. The van der Waals surface area contributed by atoms with E-state index >= 15 is 0 Å². The summed E-state index contributed by atoms with van der Waals surface area (Å²) in [7, 11) is -3.49. The van der Waals surface area contributed by atoms with Crippen molar-refractivity contribution in [2.45, 2.75) is 25.2 Å². The molecule has 0 amide bonds. The molecule has 0 aliphatic carbocycles. The van der Waals surface area contributed by atoms with Crippen LogP contribution in [0.25, 0.3) is 0 Å². The van der Waals surface area contributed by atoms with E-state index in [0.717, 1.165) is 5.56 Å². The molecule has 0 spiro atoms. The number of hydrogen-bond acceptors (Lipinski definition) is 4. The first-order valence-corrected chi connectivity index (χ1v) is 8.71. The Labute approximate surface area is 132 Å². The summed E-state index contributed by atoms with van der Waals surface area (Å²) in [6, 6.07) is 6.66. The van der Waals surface area contributed by atoms with E-state index in [1.165, 1.54) is 4.31 Å². The van der Waals surface area contributed by atoms with Gasteiger partial charge in [-0.15, -0.1) is 0 Å². The predicted molar refractivity (Wildman–Crippen MR) is 87.9 cm³/mol. The van der Waals surface area contributed by atoms with Crippen molar-refractivity contribution < 1.29 is 13.2 Å². The van der Waals surface area contributed by atoms with Gasteiger partial charge in [0.2, 0.25) is 10.0 Å². The molecule has 0 aliphatic rings. The lowest BCUT2D eigenvalue weighted by Crippen LogP contribution is -2.33. The second-order valence-electron chi connectivity index (χ2n) is 4.48. The van der Waals surface area contributed by atoms with E-state index in [1.807, 2.05) is 13.8 Å². The quantitative estimate of drug-likeness (QED) is 0.549. The van der Waals surface area contributed by atoms with Crippen LogP contribution in [0, 0.1) is 0 Å². The molecule has 1 aromatic carbocycles. The highest BCUT2D eigenvalue weighted by molar-refractivity contribution is 7.89. The minimum atomic E-state index is -3.49. The van der Waals surface area contributed by atoms with Crippen molar-refractivity contribution in [1.29, 1.82) is 0 Å². The molecule has 0 unspecified atom stereocenters. The fourth-order valence-corrected chi connectivity index (χ4v) is 3.49. The molecule has 1 rings (SSSR count). The smallest absolute Gasteiger partial charge is 0.243 e. The molecule has 0 aliphatic heterocycles. The lowest BCUT2D eigenvalue weighted by atomic mass is 10.1. The number of sulfonamides is 1. The Morgan fingerprint density at radius 2 is 1.90 bits per heavy atom. The monoisotopic (exact) mass is 330 g/mol. The van der Waals surface area contributed by atoms with Crippen LogP contribution in [0.1, 0.15) is 19.4 Å². The number of benzene rings is 1. The lowest BCUT2D eigenvalue weighted by Gasteiger charge is -2.20. The van der Waals surface area contributed by atoms with Crippen LogP contribution in [0.5, 0.6) is 0 Å². The summed E-state index contributed by atoms with van der Waals surface area (Å²) in [6.45, 7) is 5.41. The number of thiocarbonyl (C=S) groups is 1. The Kier molecular flexibility index (Phi) is 7.24. The Hall–Kier alpha value is -1.02. The minimum Gasteiger partial charge on any atom is -0.393 e. The number of nitrogens with two attached hydrogens (primary N) is 1. The molecule has 0 fully saturated rings. The third-order valence-corrected chi connectivity index (χ3v) is 5.11. The van der Waals surface area contributed by atoms with Gasteiger partial charge < -0.3 is 10.5 Å². The van der Waals surface area contributed by atoms with E-state index in [2.05, 4.69) is 0 Å². The topological polar surface area (TPSA) is 72.6 Å². The molecule has 5 nitrogen and oxygen atoms in total. The van der Waals surface area contributed by atoms with E-state index < -0.39 is 10.0 Å². The molecule has 0 heterocycles.